The number of hydrogen-bond donors (Lipinski definition) is 0. The van der Waals surface area contributed by atoms with Gasteiger partial charge in [-0.25, -0.2) is 0 Å². The Labute approximate surface area is 163 Å². The van der Waals surface area contributed by atoms with Gasteiger partial charge in [0.15, 0.2) is 0 Å². The predicted octanol–water partition coefficient (Wildman–Crippen LogP) is 5.72. The number of hydrogen-bond acceptors (Lipinski definition) is 2. The molecule has 0 aromatic rings. The Morgan fingerprint density at radius 1 is 0.720 bits per heavy atom. The predicted molar refractivity (Wildman–Crippen MR) is 117 cm³/mol. The standard InChI is InChI=1S/C22H49NOSi/c1-6-7-8-9-10-11-12-13-14-15-16-17-18-19-22(23(4)5)20(2)21(3)24-25/h20-22H,6-19H2,1-5,25H3. The van der Waals surface area contributed by atoms with Gasteiger partial charge in [0.1, 0.15) is 10.5 Å². The molecule has 152 valence electrons. The van der Waals surface area contributed by atoms with Crippen LogP contribution in [0.3, 0.4) is 0 Å². The molecule has 0 bridgehead atoms. The molecule has 3 unspecified atom stereocenters. The summed E-state index contributed by atoms with van der Waals surface area (Å²) >= 11 is 0. The smallest absolute Gasteiger partial charge is 0.146 e. The van der Waals surface area contributed by atoms with E-state index < -0.39 is 0 Å². The summed E-state index contributed by atoms with van der Waals surface area (Å²) in [5, 5.41) is 0. The molecule has 3 atom stereocenters. The van der Waals surface area contributed by atoms with E-state index in [0.29, 0.717) is 18.1 Å². The van der Waals surface area contributed by atoms with Gasteiger partial charge in [-0.15, -0.1) is 0 Å². The highest BCUT2D eigenvalue weighted by atomic mass is 28.2. The lowest BCUT2D eigenvalue weighted by molar-refractivity contribution is 0.0961. The zero-order valence-electron chi connectivity index (χ0n) is 18.5. The van der Waals surface area contributed by atoms with Gasteiger partial charge in [-0.1, -0.05) is 97.3 Å². The molecule has 0 aliphatic rings. The molecule has 0 amide bonds. The highest BCUT2D eigenvalue weighted by Crippen LogP contribution is 2.21. The van der Waals surface area contributed by atoms with Crippen molar-refractivity contribution in [1.29, 1.82) is 0 Å². The largest absolute Gasteiger partial charge is 0.425 e. The van der Waals surface area contributed by atoms with Gasteiger partial charge in [-0.05, 0) is 33.4 Å². The van der Waals surface area contributed by atoms with Gasteiger partial charge in [0.2, 0.25) is 0 Å². The molecule has 0 aliphatic carbocycles. The molecule has 0 rings (SSSR count). The van der Waals surface area contributed by atoms with Crippen LogP contribution in [0.1, 0.15) is 111 Å². The molecule has 25 heavy (non-hydrogen) atoms. The van der Waals surface area contributed by atoms with Gasteiger partial charge in [0.05, 0.1) is 0 Å². The first-order valence-electron chi connectivity index (χ1n) is 11.2. The molecule has 0 aromatic carbocycles. The van der Waals surface area contributed by atoms with E-state index in [-0.39, 0.29) is 0 Å². The lowest BCUT2D eigenvalue weighted by Crippen LogP contribution is -2.39. The first-order valence-corrected chi connectivity index (χ1v) is 12.0. The van der Waals surface area contributed by atoms with Crippen LogP contribution in [0.2, 0.25) is 0 Å². The Morgan fingerprint density at radius 3 is 1.48 bits per heavy atom. The SMILES string of the molecule is CCCCCCCCCCCCCCCC(C(C)C(C)O[SiH3])N(C)C. The van der Waals surface area contributed by atoms with E-state index in [4.69, 9.17) is 4.43 Å². The fraction of sp³-hybridized carbons (Fsp3) is 1.00. The highest BCUT2D eigenvalue weighted by Gasteiger charge is 2.23. The Bertz CT molecular complexity index is 273. The van der Waals surface area contributed by atoms with E-state index in [2.05, 4.69) is 39.8 Å². The molecule has 0 saturated carbocycles. The van der Waals surface area contributed by atoms with Crippen LogP contribution in [0.5, 0.6) is 0 Å². The summed E-state index contributed by atoms with van der Waals surface area (Å²) in [5.74, 6) is 0.629. The van der Waals surface area contributed by atoms with Crippen molar-refractivity contribution in [2.45, 2.75) is 123 Å². The van der Waals surface area contributed by atoms with Crippen LogP contribution < -0.4 is 0 Å². The van der Waals surface area contributed by atoms with E-state index in [9.17, 15) is 0 Å². The second-order valence-corrected chi connectivity index (χ2v) is 8.83. The topological polar surface area (TPSA) is 12.5 Å². The van der Waals surface area contributed by atoms with Crippen LogP contribution in [-0.2, 0) is 4.43 Å². The highest BCUT2D eigenvalue weighted by molar-refractivity contribution is 5.98. The summed E-state index contributed by atoms with van der Waals surface area (Å²) in [6, 6.07) is 0.664. The fourth-order valence-electron chi connectivity index (χ4n) is 3.89. The fourth-order valence-corrected chi connectivity index (χ4v) is 4.32. The summed E-state index contributed by atoms with van der Waals surface area (Å²) in [6.45, 7) is 6.89. The van der Waals surface area contributed by atoms with Crippen LogP contribution in [0, 0.1) is 5.92 Å². The average molecular weight is 372 g/mol. The molecular weight excluding hydrogens is 322 g/mol. The molecule has 3 heteroatoms. The molecular formula is C22H49NOSi. The number of nitrogens with zero attached hydrogens (tertiary/aromatic N) is 1. The van der Waals surface area contributed by atoms with Crippen LogP contribution in [0.15, 0.2) is 0 Å². The van der Waals surface area contributed by atoms with Crippen molar-refractivity contribution in [3.8, 4) is 0 Å². The van der Waals surface area contributed by atoms with E-state index in [1.165, 1.54) is 89.9 Å². The number of unbranched alkanes of at least 4 members (excludes halogenated alkanes) is 12. The first kappa shape index (κ1) is 25.1. The zero-order valence-corrected chi connectivity index (χ0v) is 20.5. The van der Waals surface area contributed by atoms with Crippen molar-refractivity contribution in [2.24, 2.45) is 5.92 Å². The van der Waals surface area contributed by atoms with E-state index in [1.54, 1.807) is 0 Å². The van der Waals surface area contributed by atoms with Crippen LogP contribution in [0.4, 0.5) is 0 Å². The summed E-state index contributed by atoms with van der Waals surface area (Å²) in [4.78, 5) is 2.41. The van der Waals surface area contributed by atoms with Crippen molar-refractivity contribution in [3.05, 3.63) is 0 Å². The average Bonchev–Trinajstić information content (AvgIpc) is 2.60. The molecule has 2 nitrogen and oxygen atoms in total. The monoisotopic (exact) mass is 371 g/mol. The van der Waals surface area contributed by atoms with Gasteiger partial charge in [-0.2, -0.15) is 0 Å². The quantitative estimate of drug-likeness (QED) is 0.226. The summed E-state index contributed by atoms with van der Waals surface area (Å²) in [6.07, 6.45) is 20.4. The third-order valence-corrected chi connectivity index (χ3v) is 6.73. The summed E-state index contributed by atoms with van der Waals surface area (Å²) in [7, 11) is 5.30. The maximum Gasteiger partial charge on any atom is 0.146 e. The number of rotatable bonds is 18. The lowest BCUT2D eigenvalue weighted by Gasteiger charge is -2.33. The zero-order chi connectivity index (χ0) is 18.9. The van der Waals surface area contributed by atoms with Crippen molar-refractivity contribution in [1.82, 2.24) is 4.90 Å². The molecule has 0 aromatic heterocycles. The van der Waals surface area contributed by atoms with E-state index >= 15 is 0 Å². The Hall–Kier alpha value is 0.137. The van der Waals surface area contributed by atoms with Crippen LogP contribution in [-0.4, -0.2) is 41.6 Å². The minimum atomic E-state index is 0.404. The first-order chi connectivity index (χ1) is 12.0. The molecule has 0 fully saturated rings. The molecule has 0 saturated heterocycles. The Morgan fingerprint density at radius 2 is 1.12 bits per heavy atom. The molecule has 0 heterocycles. The minimum Gasteiger partial charge on any atom is -0.425 e. The third kappa shape index (κ3) is 13.9. The van der Waals surface area contributed by atoms with Gasteiger partial charge in [0, 0.05) is 12.1 Å². The molecule has 0 spiro atoms. The van der Waals surface area contributed by atoms with Crippen molar-refractivity contribution in [3.63, 3.8) is 0 Å². The Balaban J connectivity index is 3.52. The van der Waals surface area contributed by atoms with Crippen molar-refractivity contribution < 1.29 is 4.43 Å². The van der Waals surface area contributed by atoms with E-state index in [1.807, 2.05) is 0 Å². The molecule has 0 aliphatic heterocycles. The molecule has 0 radical (unpaired) electrons. The van der Waals surface area contributed by atoms with Gasteiger partial charge >= 0.3 is 0 Å². The Kier molecular flexibility index (Phi) is 17.6. The van der Waals surface area contributed by atoms with Gasteiger partial charge in [-0.3, -0.25) is 0 Å². The second kappa shape index (κ2) is 17.5. The van der Waals surface area contributed by atoms with Crippen molar-refractivity contribution in [2.75, 3.05) is 14.1 Å². The van der Waals surface area contributed by atoms with Crippen LogP contribution in [0.25, 0.3) is 0 Å². The summed E-state index contributed by atoms with van der Waals surface area (Å²) < 4.78 is 5.67. The lowest BCUT2D eigenvalue weighted by atomic mass is 9.91. The molecule has 0 N–H and O–H groups in total. The maximum absolute atomic E-state index is 5.67. The van der Waals surface area contributed by atoms with Crippen LogP contribution >= 0.6 is 0 Å². The second-order valence-electron chi connectivity index (χ2n) is 8.36. The van der Waals surface area contributed by atoms with Gasteiger partial charge in [0.25, 0.3) is 0 Å². The summed E-state index contributed by atoms with van der Waals surface area (Å²) in [5.41, 5.74) is 0. The van der Waals surface area contributed by atoms with E-state index in [0.717, 1.165) is 10.5 Å². The van der Waals surface area contributed by atoms with Crippen molar-refractivity contribution >= 4 is 10.5 Å². The van der Waals surface area contributed by atoms with Gasteiger partial charge < -0.3 is 9.33 Å². The normalized spacial score (nSPS) is 15.6. The maximum atomic E-state index is 5.67. The minimum absolute atomic E-state index is 0.404. The third-order valence-electron chi connectivity index (χ3n) is 5.99.